The summed E-state index contributed by atoms with van der Waals surface area (Å²) >= 11 is 11.9. The van der Waals surface area contributed by atoms with E-state index in [9.17, 15) is 9.59 Å². The van der Waals surface area contributed by atoms with Gasteiger partial charge in [0.15, 0.2) is 5.71 Å². The van der Waals surface area contributed by atoms with Crippen molar-refractivity contribution in [2.45, 2.75) is 0 Å². The van der Waals surface area contributed by atoms with Gasteiger partial charge in [-0.25, -0.2) is 4.79 Å². The van der Waals surface area contributed by atoms with E-state index in [2.05, 4.69) is 15.0 Å². The quantitative estimate of drug-likeness (QED) is 0.870. The molecule has 20 heavy (non-hydrogen) atoms. The zero-order valence-corrected chi connectivity index (χ0v) is 12.0. The van der Waals surface area contributed by atoms with Gasteiger partial charge in [-0.2, -0.15) is 0 Å². The van der Waals surface area contributed by atoms with Crippen molar-refractivity contribution in [2.75, 3.05) is 13.7 Å². The number of methoxy groups -OCH3 is 1. The molecule has 104 valence electrons. The van der Waals surface area contributed by atoms with E-state index in [0.29, 0.717) is 6.54 Å². The van der Waals surface area contributed by atoms with Crippen LogP contribution < -0.4 is 5.32 Å². The minimum atomic E-state index is -0.612. The molecule has 5 nitrogen and oxygen atoms in total. The summed E-state index contributed by atoms with van der Waals surface area (Å²) < 4.78 is 4.59. The summed E-state index contributed by atoms with van der Waals surface area (Å²) in [6, 6.07) is 4.75. The van der Waals surface area contributed by atoms with Gasteiger partial charge in [0.2, 0.25) is 0 Å². The number of benzene rings is 1. The van der Waals surface area contributed by atoms with Crippen LogP contribution in [0.15, 0.2) is 35.0 Å². The van der Waals surface area contributed by atoms with Crippen molar-refractivity contribution >= 4 is 40.8 Å². The molecule has 1 heterocycles. The number of aliphatic imine (C=N–C) groups is 1. The third kappa shape index (κ3) is 2.84. The van der Waals surface area contributed by atoms with Crippen LogP contribution in [0.4, 0.5) is 0 Å². The molecule has 1 aliphatic heterocycles. The molecular weight excluding hydrogens is 303 g/mol. The minimum absolute atomic E-state index is 0.0732. The highest BCUT2D eigenvalue weighted by atomic mass is 35.5. The van der Waals surface area contributed by atoms with Gasteiger partial charge >= 0.3 is 5.97 Å². The summed E-state index contributed by atoms with van der Waals surface area (Å²) in [5, 5.41) is 3.02. The lowest BCUT2D eigenvalue weighted by Gasteiger charge is -2.10. The standard InChI is InChI=1S/C13H10Cl2N2O3/c1-20-13(19)11-9(5-6-16-11)17-12(18)10-7(14)3-2-4-8(10)15/h2-5H,6H2,1H3,(H,17,18). The van der Waals surface area contributed by atoms with E-state index in [1.807, 2.05) is 0 Å². The maximum atomic E-state index is 12.2. The fourth-order valence-electron chi connectivity index (χ4n) is 1.69. The van der Waals surface area contributed by atoms with E-state index in [-0.39, 0.29) is 27.0 Å². The van der Waals surface area contributed by atoms with Gasteiger partial charge in [0.05, 0.1) is 35.0 Å². The Bertz CT molecular complexity index is 618. The number of halogens is 2. The molecule has 2 rings (SSSR count). The zero-order chi connectivity index (χ0) is 14.7. The predicted octanol–water partition coefficient (Wildman–Crippen LogP) is 2.23. The smallest absolute Gasteiger partial charge is 0.358 e. The van der Waals surface area contributed by atoms with Gasteiger partial charge < -0.3 is 10.1 Å². The molecule has 1 aromatic carbocycles. The lowest BCUT2D eigenvalue weighted by atomic mass is 10.2. The van der Waals surface area contributed by atoms with Crippen molar-refractivity contribution < 1.29 is 14.3 Å². The molecule has 0 radical (unpaired) electrons. The summed E-state index contributed by atoms with van der Waals surface area (Å²) in [5.41, 5.74) is 0.509. The fraction of sp³-hybridized carbons (Fsp3) is 0.154. The van der Waals surface area contributed by atoms with E-state index in [1.54, 1.807) is 24.3 Å². The van der Waals surface area contributed by atoms with E-state index in [0.717, 1.165) is 0 Å². The van der Waals surface area contributed by atoms with Gasteiger partial charge in [-0.3, -0.25) is 9.79 Å². The van der Waals surface area contributed by atoms with Crippen molar-refractivity contribution in [3.8, 4) is 0 Å². The Labute approximate surface area is 125 Å². The molecule has 7 heteroatoms. The largest absolute Gasteiger partial charge is 0.464 e. The molecule has 1 aromatic rings. The Kier molecular flexibility index (Phi) is 4.42. The molecule has 0 atom stereocenters. The van der Waals surface area contributed by atoms with E-state index in [4.69, 9.17) is 23.2 Å². The first kappa shape index (κ1) is 14.6. The van der Waals surface area contributed by atoms with Gasteiger partial charge in [-0.15, -0.1) is 0 Å². The number of amides is 1. The minimum Gasteiger partial charge on any atom is -0.464 e. The van der Waals surface area contributed by atoms with Crippen LogP contribution in [-0.4, -0.2) is 31.2 Å². The highest BCUT2D eigenvalue weighted by molar-refractivity contribution is 6.44. The molecule has 0 aromatic heterocycles. The number of carbonyl (C=O) groups is 2. The number of rotatable bonds is 3. The van der Waals surface area contributed by atoms with E-state index in [1.165, 1.54) is 7.11 Å². The molecule has 0 saturated carbocycles. The second kappa shape index (κ2) is 6.07. The lowest BCUT2D eigenvalue weighted by Crippen LogP contribution is -2.30. The van der Waals surface area contributed by atoms with Crippen LogP contribution >= 0.6 is 23.2 Å². The van der Waals surface area contributed by atoms with Gasteiger partial charge in [-0.05, 0) is 18.2 Å². The molecule has 1 N–H and O–H groups in total. The summed E-state index contributed by atoms with van der Waals surface area (Å²) in [6.07, 6.45) is 1.61. The van der Waals surface area contributed by atoms with Crippen LogP contribution in [0.5, 0.6) is 0 Å². The average molecular weight is 313 g/mol. The van der Waals surface area contributed by atoms with Crippen LogP contribution in [-0.2, 0) is 9.53 Å². The molecular formula is C13H10Cl2N2O3. The first-order valence-electron chi connectivity index (χ1n) is 5.63. The Hall–Kier alpha value is -1.85. The van der Waals surface area contributed by atoms with Crippen molar-refractivity contribution in [2.24, 2.45) is 4.99 Å². The Morgan fingerprint density at radius 3 is 2.55 bits per heavy atom. The summed E-state index contributed by atoms with van der Waals surface area (Å²) in [4.78, 5) is 27.6. The van der Waals surface area contributed by atoms with Gasteiger partial charge in [0.25, 0.3) is 5.91 Å². The van der Waals surface area contributed by atoms with Crippen molar-refractivity contribution in [3.05, 3.63) is 45.6 Å². The molecule has 0 bridgehead atoms. The lowest BCUT2D eigenvalue weighted by molar-refractivity contribution is -0.132. The Morgan fingerprint density at radius 2 is 1.95 bits per heavy atom. The first-order chi connectivity index (χ1) is 9.54. The van der Waals surface area contributed by atoms with Crippen LogP contribution in [0.3, 0.4) is 0 Å². The monoisotopic (exact) mass is 312 g/mol. The second-order valence-electron chi connectivity index (χ2n) is 3.85. The first-order valence-corrected chi connectivity index (χ1v) is 6.39. The van der Waals surface area contributed by atoms with Crippen molar-refractivity contribution in [3.63, 3.8) is 0 Å². The average Bonchev–Trinajstić information content (AvgIpc) is 2.85. The fourth-order valence-corrected chi connectivity index (χ4v) is 2.26. The van der Waals surface area contributed by atoms with Gasteiger partial charge in [0, 0.05) is 0 Å². The van der Waals surface area contributed by atoms with Gasteiger partial charge in [-0.1, -0.05) is 29.3 Å². The second-order valence-corrected chi connectivity index (χ2v) is 4.66. The van der Waals surface area contributed by atoms with Gasteiger partial charge in [0.1, 0.15) is 0 Å². The zero-order valence-electron chi connectivity index (χ0n) is 10.4. The number of esters is 1. The third-order valence-corrected chi connectivity index (χ3v) is 3.25. The highest BCUT2D eigenvalue weighted by Crippen LogP contribution is 2.24. The molecule has 0 unspecified atom stereocenters. The normalized spacial score (nSPS) is 13.6. The van der Waals surface area contributed by atoms with Crippen LogP contribution in [0.25, 0.3) is 0 Å². The molecule has 0 fully saturated rings. The predicted molar refractivity (Wildman–Crippen MR) is 76.3 cm³/mol. The highest BCUT2D eigenvalue weighted by Gasteiger charge is 2.24. The summed E-state index contributed by atoms with van der Waals surface area (Å²) in [5.74, 6) is -1.12. The summed E-state index contributed by atoms with van der Waals surface area (Å²) in [7, 11) is 1.24. The SMILES string of the molecule is COC(=O)C1=NCC=C1NC(=O)c1c(Cl)cccc1Cl. The molecule has 1 amide bonds. The number of nitrogens with one attached hydrogen (secondary N) is 1. The number of carbonyl (C=O) groups excluding carboxylic acids is 2. The van der Waals surface area contributed by atoms with Crippen LogP contribution in [0.1, 0.15) is 10.4 Å². The maximum absolute atomic E-state index is 12.2. The number of hydrogen-bond acceptors (Lipinski definition) is 4. The third-order valence-electron chi connectivity index (χ3n) is 2.62. The number of hydrogen-bond donors (Lipinski definition) is 1. The molecule has 0 spiro atoms. The Morgan fingerprint density at radius 1 is 1.30 bits per heavy atom. The molecule has 0 aliphatic carbocycles. The molecule has 1 aliphatic rings. The van der Waals surface area contributed by atoms with Crippen molar-refractivity contribution in [1.82, 2.24) is 5.32 Å². The maximum Gasteiger partial charge on any atom is 0.358 e. The number of nitrogens with zero attached hydrogens (tertiary/aromatic N) is 1. The van der Waals surface area contributed by atoms with Crippen LogP contribution in [0, 0.1) is 0 Å². The van der Waals surface area contributed by atoms with Crippen LogP contribution in [0.2, 0.25) is 10.0 Å². The van der Waals surface area contributed by atoms with Crippen molar-refractivity contribution in [1.29, 1.82) is 0 Å². The molecule has 0 saturated heterocycles. The Balaban J connectivity index is 2.21. The number of ether oxygens (including phenoxy) is 1. The topological polar surface area (TPSA) is 67.8 Å². The summed E-state index contributed by atoms with van der Waals surface area (Å²) in [6.45, 7) is 0.302. The van der Waals surface area contributed by atoms with E-state index < -0.39 is 11.9 Å². The van der Waals surface area contributed by atoms with E-state index >= 15 is 0 Å².